The molecule has 1 aliphatic carbocycles. The summed E-state index contributed by atoms with van der Waals surface area (Å²) in [6, 6.07) is 29.8. The number of hydrogen-bond acceptors (Lipinski definition) is 0. The maximum atomic E-state index is 14.8. The third-order valence-corrected chi connectivity index (χ3v) is 6.84. The number of fused-ring (bicyclic) bond motifs is 3. The Labute approximate surface area is 194 Å². The molecule has 6 rings (SSSR count). The molecule has 5 aromatic rings. The van der Waals surface area contributed by atoms with E-state index in [1.165, 1.54) is 12.1 Å². The van der Waals surface area contributed by atoms with Crippen molar-refractivity contribution in [3.05, 3.63) is 108 Å². The van der Waals surface area contributed by atoms with Crippen LogP contribution >= 0.6 is 0 Å². The van der Waals surface area contributed by atoms with Gasteiger partial charge in [-0.1, -0.05) is 91.0 Å². The Hall–Kier alpha value is -3.66. The van der Waals surface area contributed by atoms with Gasteiger partial charge in [0, 0.05) is 24.0 Å². The van der Waals surface area contributed by atoms with Crippen LogP contribution in [0.5, 0.6) is 0 Å². The Morgan fingerprint density at radius 3 is 1.41 bits per heavy atom. The van der Waals surface area contributed by atoms with Crippen LogP contribution in [0.1, 0.15) is 24.0 Å². The molecule has 168 valence electrons. The highest BCUT2D eigenvalue weighted by Gasteiger charge is 2.49. The maximum absolute atomic E-state index is 14.8. The first-order chi connectivity index (χ1) is 16.4. The minimum absolute atomic E-state index is 0.517. The molecule has 0 spiro atoms. The second-order valence-corrected chi connectivity index (χ2v) is 8.88. The summed E-state index contributed by atoms with van der Waals surface area (Å²) in [5.41, 5.74) is 2.27. The Balaban J connectivity index is 1.72. The number of halogens is 4. The van der Waals surface area contributed by atoms with Crippen LogP contribution in [0.25, 0.3) is 43.8 Å². The van der Waals surface area contributed by atoms with Crippen molar-refractivity contribution in [1.29, 1.82) is 0 Å². The lowest BCUT2D eigenvalue weighted by Crippen LogP contribution is -2.30. The average Bonchev–Trinajstić information content (AvgIpc) is 2.85. The lowest BCUT2D eigenvalue weighted by atomic mass is 9.81. The van der Waals surface area contributed by atoms with E-state index < -0.39 is 35.8 Å². The quantitative estimate of drug-likeness (QED) is 0.183. The standard InChI is InChI=1S/C30H20F4/c31-29(32)16-17-30(33,34)26-18-20(14-15-25(26)29)28-23-12-6-4-10-21(23)27(19-8-2-1-3-9-19)22-11-5-7-13-24(22)28/h1-15,18H,16-17H2. The monoisotopic (exact) mass is 456 g/mol. The van der Waals surface area contributed by atoms with Gasteiger partial charge in [0.2, 0.25) is 0 Å². The van der Waals surface area contributed by atoms with E-state index in [2.05, 4.69) is 12.1 Å². The summed E-state index contributed by atoms with van der Waals surface area (Å²) in [6.07, 6.45) is -1.70. The lowest BCUT2D eigenvalue weighted by Gasteiger charge is -2.31. The van der Waals surface area contributed by atoms with E-state index in [0.29, 0.717) is 5.56 Å². The molecule has 0 aromatic heterocycles. The molecule has 0 N–H and O–H groups in total. The zero-order valence-electron chi connectivity index (χ0n) is 18.2. The fourth-order valence-corrected chi connectivity index (χ4v) is 5.26. The van der Waals surface area contributed by atoms with Crippen LogP contribution in [0.2, 0.25) is 0 Å². The first kappa shape index (κ1) is 20.9. The first-order valence-electron chi connectivity index (χ1n) is 11.3. The third-order valence-electron chi connectivity index (χ3n) is 6.84. The van der Waals surface area contributed by atoms with Crippen molar-refractivity contribution in [2.45, 2.75) is 24.7 Å². The summed E-state index contributed by atoms with van der Waals surface area (Å²) >= 11 is 0. The van der Waals surface area contributed by atoms with Crippen LogP contribution in [-0.2, 0) is 11.8 Å². The summed E-state index contributed by atoms with van der Waals surface area (Å²) in [4.78, 5) is 0. The minimum Gasteiger partial charge on any atom is -0.201 e. The molecule has 0 saturated carbocycles. The Kier molecular flexibility index (Phi) is 4.57. The zero-order valence-corrected chi connectivity index (χ0v) is 18.2. The van der Waals surface area contributed by atoms with Crippen LogP contribution in [0.4, 0.5) is 17.6 Å². The Bertz CT molecular complexity index is 1490. The van der Waals surface area contributed by atoms with Crippen molar-refractivity contribution in [3.63, 3.8) is 0 Å². The largest absolute Gasteiger partial charge is 0.274 e. The second-order valence-electron chi connectivity index (χ2n) is 8.88. The summed E-state index contributed by atoms with van der Waals surface area (Å²) in [5.74, 6) is -6.54. The van der Waals surface area contributed by atoms with E-state index >= 15 is 0 Å². The molecular weight excluding hydrogens is 436 g/mol. The van der Waals surface area contributed by atoms with Gasteiger partial charge in [-0.25, -0.2) is 17.6 Å². The van der Waals surface area contributed by atoms with E-state index in [9.17, 15) is 17.6 Å². The molecule has 0 radical (unpaired) electrons. The highest BCUT2D eigenvalue weighted by atomic mass is 19.3. The average molecular weight is 456 g/mol. The van der Waals surface area contributed by atoms with E-state index in [1.807, 2.05) is 66.7 Å². The third kappa shape index (κ3) is 3.12. The molecule has 0 bridgehead atoms. The van der Waals surface area contributed by atoms with Crippen LogP contribution in [0.3, 0.4) is 0 Å². The molecule has 0 aliphatic heterocycles. The Morgan fingerprint density at radius 1 is 0.441 bits per heavy atom. The Morgan fingerprint density at radius 2 is 0.882 bits per heavy atom. The van der Waals surface area contributed by atoms with Gasteiger partial charge in [0.15, 0.2) is 0 Å². The van der Waals surface area contributed by atoms with Gasteiger partial charge < -0.3 is 0 Å². The van der Waals surface area contributed by atoms with Gasteiger partial charge in [-0.15, -0.1) is 0 Å². The molecule has 0 saturated heterocycles. The van der Waals surface area contributed by atoms with Crippen molar-refractivity contribution in [1.82, 2.24) is 0 Å². The molecule has 1 aliphatic rings. The molecule has 0 amide bonds. The summed E-state index contributed by atoms with van der Waals surface area (Å²) < 4.78 is 58.6. The maximum Gasteiger partial charge on any atom is 0.274 e. The van der Waals surface area contributed by atoms with Gasteiger partial charge >= 0.3 is 0 Å². The number of hydrogen-bond donors (Lipinski definition) is 0. The van der Waals surface area contributed by atoms with Crippen molar-refractivity contribution in [2.75, 3.05) is 0 Å². The van der Waals surface area contributed by atoms with E-state index in [-0.39, 0.29) is 0 Å². The van der Waals surface area contributed by atoms with E-state index in [1.54, 1.807) is 6.07 Å². The number of rotatable bonds is 2. The normalized spacial score (nSPS) is 16.5. The predicted octanol–water partition coefficient (Wildman–Crippen LogP) is 9.30. The van der Waals surface area contributed by atoms with Gasteiger partial charge in [-0.2, -0.15) is 0 Å². The van der Waals surface area contributed by atoms with Gasteiger partial charge in [-0.05, 0) is 49.9 Å². The fourth-order valence-electron chi connectivity index (χ4n) is 5.26. The minimum atomic E-state index is -3.29. The van der Waals surface area contributed by atoms with E-state index in [0.717, 1.165) is 38.2 Å². The van der Waals surface area contributed by atoms with Crippen molar-refractivity contribution >= 4 is 21.5 Å². The highest BCUT2D eigenvalue weighted by Crippen LogP contribution is 2.51. The van der Waals surface area contributed by atoms with Gasteiger partial charge in [0.25, 0.3) is 11.8 Å². The molecule has 0 atom stereocenters. The lowest BCUT2D eigenvalue weighted by molar-refractivity contribution is -0.0957. The topological polar surface area (TPSA) is 0 Å². The van der Waals surface area contributed by atoms with Gasteiger partial charge in [0.1, 0.15) is 0 Å². The van der Waals surface area contributed by atoms with Crippen LogP contribution in [-0.4, -0.2) is 0 Å². The zero-order chi connectivity index (χ0) is 23.5. The molecule has 0 fully saturated rings. The van der Waals surface area contributed by atoms with Gasteiger partial charge in [-0.3, -0.25) is 0 Å². The molecule has 34 heavy (non-hydrogen) atoms. The molecule has 0 nitrogen and oxygen atoms in total. The van der Waals surface area contributed by atoms with Gasteiger partial charge in [0.05, 0.1) is 0 Å². The fraction of sp³-hybridized carbons (Fsp3) is 0.133. The summed E-state index contributed by atoms with van der Waals surface area (Å²) in [5, 5.41) is 3.76. The SMILES string of the molecule is FC1(F)CCC(F)(F)c2cc(-c3c4ccccc4c(-c4ccccc4)c4ccccc34)ccc21. The second kappa shape index (κ2) is 7.42. The molecular formula is C30H20F4. The van der Waals surface area contributed by atoms with Crippen molar-refractivity contribution in [3.8, 4) is 22.3 Å². The molecule has 4 heteroatoms. The van der Waals surface area contributed by atoms with Crippen LogP contribution in [0, 0.1) is 0 Å². The molecule has 0 heterocycles. The summed E-state index contributed by atoms with van der Waals surface area (Å²) in [6.45, 7) is 0. The van der Waals surface area contributed by atoms with E-state index in [4.69, 9.17) is 0 Å². The van der Waals surface area contributed by atoms with Crippen LogP contribution < -0.4 is 0 Å². The number of benzene rings is 5. The van der Waals surface area contributed by atoms with Crippen molar-refractivity contribution in [2.24, 2.45) is 0 Å². The van der Waals surface area contributed by atoms with Crippen molar-refractivity contribution < 1.29 is 17.6 Å². The summed E-state index contributed by atoms with van der Waals surface area (Å²) in [7, 11) is 0. The highest BCUT2D eigenvalue weighted by molar-refractivity contribution is 6.21. The number of alkyl halides is 4. The smallest absolute Gasteiger partial charge is 0.201 e. The first-order valence-corrected chi connectivity index (χ1v) is 11.3. The van der Waals surface area contributed by atoms with Crippen LogP contribution in [0.15, 0.2) is 97.1 Å². The molecule has 0 unspecified atom stereocenters. The predicted molar refractivity (Wildman–Crippen MR) is 129 cm³/mol. The molecule has 5 aromatic carbocycles.